The monoisotopic (exact) mass is 233 g/mol. The fourth-order valence-corrected chi connectivity index (χ4v) is 1.59. The summed E-state index contributed by atoms with van der Waals surface area (Å²) in [6.45, 7) is 9.96. The minimum Gasteiger partial charge on any atom is -0.349 e. The van der Waals surface area contributed by atoms with Crippen LogP contribution in [0.4, 0.5) is 0 Å². The smallest absolute Gasteiger partial charge is 0.225 e. The highest BCUT2D eigenvalue weighted by Crippen LogP contribution is 2.20. The van der Waals surface area contributed by atoms with Gasteiger partial charge in [-0.1, -0.05) is 57.5 Å². The van der Waals surface area contributed by atoms with Gasteiger partial charge in [0.05, 0.1) is 6.04 Å². The van der Waals surface area contributed by atoms with Crippen molar-refractivity contribution in [2.45, 2.75) is 47.1 Å². The van der Waals surface area contributed by atoms with Gasteiger partial charge in [0.25, 0.3) is 0 Å². The Labute approximate surface area is 104 Å². The molecule has 0 aromatic heterocycles. The van der Waals surface area contributed by atoms with Crippen LogP contribution in [0.3, 0.4) is 0 Å². The van der Waals surface area contributed by atoms with Crippen molar-refractivity contribution in [2.75, 3.05) is 0 Å². The molecule has 1 atom stereocenters. The van der Waals surface area contributed by atoms with Crippen molar-refractivity contribution in [1.82, 2.24) is 5.32 Å². The average Bonchev–Trinajstić information content (AvgIpc) is 2.25. The lowest BCUT2D eigenvalue weighted by atomic mass is 9.94. The second-order valence-electron chi connectivity index (χ2n) is 5.59. The highest BCUT2D eigenvalue weighted by molar-refractivity contribution is 5.81. The lowest BCUT2D eigenvalue weighted by Gasteiger charge is -2.24. The van der Waals surface area contributed by atoms with Crippen LogP contribution in [0.5, 0.6) is 0 Å². The molecule has 1 N–H and O–H groups in total. The van der Waals surface area contributed by atoms with Gasteiger partial charge in [-0.05, 0) is 18.9 Å². The largest absolute Gasteiger partial charge is 0.349 e. The summed E-state index contributed by atoms with van der Waals surface area (Å²) in [5.41, 5.74) is 2.08. The molecule has 1 aromatic carbocycles. The summed E-state index contributed by atoms with van der Waals surface area (Å²) in [6, 6.07) is 8.46. The molecule has 0 fully saturated rings. The zero-order chi connectivity index (χ0) is 13.1. The van der Waals surface area contributed by atoms with Gasteiger partial charge < -0.3 is 5.32 Å². The number of carbonyl (C=O) groups is 1. The third kappa shape index (κ3) is 3.88. The minimum absolute atomic E-state index is 0.102. The highest BCUT2D eigenvalue weighted by Gasteiger charge is 2.23. The predicted molar refractivity (Wildman–Crippen MR) is 71.8 cm³/mol. The van der Waals surface area contributed by atoms with Gasteiger partial charge in [0.1, 0.15) is 0 Å². The molecule has 0 saturated carbocycles. The summed E-state index contributed by atoms with van der Waals surface area (Å²) >= 11 is 0. The maximum absolute atomic E-state index is 12.0. The molecule has 2 nitrogen and oxygen atoms in total. The Morgan fingerprint density at radius 2 is 1.76 bits per heavy atom. The van der Waals surface area contributed by atoms with Crippen LogP contribution in [0, 0.1) is 12.3 Å². The molecular weight excluding hydrogens is 210 g/mol. The molecule has 1 unspecified atom stereocenters. The summed E-state index contributed by atoms with van der Waals surface area (Å²) in [7, 11) is 0. The Balaban J connectivity index is 2.79. The van der Waals surface area contributed by atoms with Crippen molar-refractivity contribution in [3.8, 4) is 0 Å². The molecule has 0 heterocycles. The van der Waals surface area contributed by atoms with E-state index in [1.165, 1.54) is 11.1 Å². The van der Waals surface area contributed by atoms with Gasteiger partial charge in [-0.3, -0.25) is 4.79 Å². The van der Waals surface area contributed by atoms with Crippen LogP contribution < -0.4 is 5.32 Å². The third-order valence-corrected chi connectivity index (χ3v) is 2.87. The number of aryl methyl sites for hydroxylation is 1. The predicted octanol–water partition coefficient (Wildman–Crippen LogP) is 3.61. The Hall–Kier alpha value is -1.31. The zero-order valence-electron chi connectivity index (χ0n) is 11.5. The summed E-state index contributed by atoms with van der Waals surface area (Å²) in [4.78, 5) is 12.0. The Morgan fingerprint density at radius 3 is 2.18 bits per heavy atom. The molecule has 94 valence electrons. The van der Waals surface area contributed by atoms with Crippen LogP contribution in [0.1, 0.15) is 51.3 Å². The standard InChI is InChI=1S/C15H23NO/c1-6-13(16-14(17)15(3,4)5)12-9-7-11(2)8-10-12/h7-10,13H,6H2,1-5H3,(H,16,17). The summed E-state index contributed by atoms with van der Waals surface area (Å²) in [5.74, 6) is 0.102. The molecule has 0 aliphatic heterocycles. The number of amides is 1. The molecule has 0 aliphatic carbocycles. The van der Waals surface area contributed by atoms with Crippen LogP contribution in [-0.4, -0.2) is 5.91 Å². The fourth-order valence-electron chi connectivity index (χ4n) is 1.59. The third-order valence-electron chi connectivity index (χ3n) is 2.87. The van der Waals surface area contributed by atoms with Gasteiger partial charge >= 0.3 is 0 Å². The molecule has 0 radical (unpaired) electrons. The number of benzene rings is 1. The Bertz CT molecular complexity index is 373. The lowest BCUT2D eigenvalue weighted by molar-refractivity contribution is -0.129. The molecule has 1 amide bonds. The van der Waals surface area contributed by atoms with E-state index in [2.05, 4.69) is 43.4 Å². The van der Waals surface area contributed by atoms with Crippen LogP contribution >= 0.6 is 0 Å². The van der Waals surface area contributed by atoms with E-state index in [1.54, 1.807) is 0 Å². The maximum atomic E-state index is 12.0. The van der Waals surface area contributed by atoms with E-state index in [-0.39, 0.29) is 17.4 Å². The average molecular weight is 233 g/mol. The van der Waals surface area contributed by atoms with Crippen molar-refractivity contribution in [3.63, 3.8) is 0 Å². The van der Waals surface area contributed by atoms with Crippen LogP contribution in [0.15, 0.2) is 24.3 Å². The Morgan fingerprint density at radius 1 is 1.24 bits per heavy atom. The first-order valence-corrected chi connectivity index (χ1v) is 6.22. The number of carbonyl (C=O) groups excluding carboxylic acids is 1. The lowest BCUT2D eigenvalue weighted by Crippen LogP contribution is -2.37. The molecule has 1 rings (SSSR count). The highest BCUT2D eigenvalue weighted by atomic mass is 16.2. The first-order chi connectivity index (χ1) is 7.84. The van der Waals surface area contributed by atoms with Gasteiger partial charge in [-0.15, -0.1) is 0 Å². The van der Waals surface area contributed by atoms with Gasteiger partial charge in [0.15, 0.2) is 0 Å². The second-order valence-corrected chi connectivity index (χ2v) is 5.59. The second kappa shape index (κ2) is 5.35. The van der Waals surface area contributed by atoms with Crippen LogP contribution in [0.2, 0.25) is 0 Å². The molecule has 2 heteroatoms. The van der Waals surface area contributed by atoms with E-state index in [0.29, 0.717) is 0 Å². The number of hydrogen-bond acceptors (Lipinski definition) is 1. The number of rotatable bonds is 3. The first kappa shape index (κ1) is 13.8. The zero-order valence-corrected chi connectivity index (χ0v) is 11.5. The maximum Gasteiger partial charge on any atom is 0.225 e. The summed E-state index contributed by atoms with van der Waals surface area (Å²) < 4.78 is 0. The van der Waals surface area contributed by atoms with Crippen molar-refractivity contribution in [3.05, 3.63) is 35.4 Å². The van der Waals surface area contributed by atoms with E-state index in [1.807, 2.05) is 20.8 Å². The van der Waals surface area contributed by atoms with Crippen molar-refractivity contribution in [1.29, 1.82) is 0 Å². The number of nitrogens with one attached hydrogen (secondary N) is 1. The van der Waals surface area contributed by atoms with E-state index in [9.17, 15) is 4.79 Å². The molecule has 0 saturated heterocycles. The fraction of sp³-hybridized carbons (Fsp3) is 0.533. The van der Waals surface area contributed by atoms with Crippen molar-refractivity contribution in [2.24, 2.45) is 5.41 Å². The first-order valence-electron chi connectivity index (χ1n) is 6.22. The minimum atomic E-state index is -0.335. The van der Waals surface area contributed by atoms with Crippen molar-refractivity contribution < 1.29 is 4.79 Å². The van der Waals surface area contributed by atoms with E-state index in [4.69, 9.17) is 0 Å². The molecular formula is C15H23NO. The van der Waals surface area contributed by atoms with Crippen molar-refractivity contribution >= 4 is 5.91 Å². The van der Waals surface area contributed by atoms with Gasteiger partial charge in [0, 0.05) is 5.41 Å². The Kier molecular flexibility index (Phi) is 4.33. The van der Waals surface area contributed by atoms with Gasteiger partial charge in [0.2, 0.25) is 5.91 Å². The molecule has 0 bridgehead atoms. The van der Waals surface area contributed by atoms with Crippen LogP contribution in [-0.2, 0) is 4.79 Å². The summed E-state index contributed by atoms with van der Waals surface area (Å²) in [5, 5.41) is 3.10. The van der Waals surface area contributed by atoms with Gasteiger partial charge in [-0.25, -0.2) is 0 Å². The quantitative estimate of drug-likeness (QED) is 0.849. The van der Waals surface area contributed by atoms with E-state index < -0.39 is 0 Å². The number of hydrogen-bond donors (Lipinski definition) is 1. The van der Waals surface area contributed by atoms with Gasteiger partial charge in [-0.2, -0.15) is 0 Å². The topological polar surface area (TPSA) is 29.1 Å². The molecule has 17 heavy (non-hydrogen) atoms. The SMILES string of the molecule is CCC(NC(=O)C(C)(C)C)c1ccc(C)cc1. The summed E-state index contributed by atoms with van der Waals surface area (Å²) in [6.07, 6.45) is 0.908. The van der Waals surface area contributed by atoms with E-state index >= 15 is 0 Å². The molecule has 0 aliphatic rings. The van der Waals surface area contributed by atoms with E-state index in [0.717, 1.165) is 6.42 Å². The van der Waals surface area contributed by atoms with Crippen LogP contribution in [0.25, 0.3) is 0 Å². The molecule has 1 aromatic rings. The normalized spacial score (nSPS) is 13.2. The molecule has 0 spiro atoms.